The quantitative estimate of drug-likeness (QED) is 0.484. The molecule has 0 radical (unpaired) electrons. The predicted octanol–water partition coefficient (Wildman–Crippen LogP) is 4.96. The van der Waals surface area contributed by atoms with Crippen molar-refractivity contribution in [2.24, 2.45) is 0 Å². The van der Waals surface area contributed by atoms with Crippen molar-refractivity contribution in [1.82, 2.24) is 14.8 Å². The smallest absolute Gasteiger partial charge is 0.154 e. The van der Waals surface area contributed by atoms with Gasteiger partial charge in [0.2, 0.25) is 0 Å². The third kappa shape index (κ3) is 3.08. The van der Waals surface area contributed by atoms with Crippen LogP contribution in [0.2, 0.25) is 0 Å². The van der Waals surface area contributed by atoms with Gasteiger partial charge in [0.25, 0.3) is 0 Å². The molecular weight excluding hydrogens is 344 g/mol. The number of aryl methyl sites for hydroxylation is 1. The normalized spacial score (nSPS) is 11.5. The van der Waals surface area contributed by atoms with E-state index in [1.165, 1.54) is 11.3 Å². The fraction of sp³-hybridized carbons (Fsp3) is 0.0500. The number of hydrogen-bond acceptors (Lipinski definition) is 5. The number of benzene rings is 1. The average molecular weight is 358 g/mol. The summed E-state index contributed by atoms with van der Waals surface area (Å²) < 4.78 is 7.32. The number of furan rings is 1. The molecule has 4 rings (SSSR count). The van der Waals surface area contributed by atoms with Crippen LogP contribution in [0.15, 0.2) is 64.7 Å². The summed E-state index contributed by atoms with van der Waals surface area (Å²) in [6.45, 7) is 1.91. The molecule has 0 aliphatic heterocycles. The van der Waals surface area contributed by atoms with Gasteiger partial charge >= 0.3 is 0 Å². The summed E-state index contributed by atoms with van der Waals surface area (Å²) in [6.07, 6.45) is 5.31. The lowest BCUT2D eigenvalue weighted by atomic mass is 10.1. The molecule has 0 aliphatic carbocycles. The first-order chi connectivity index (χ1) is 12.7. The van der Waals surface area contributed by atoms with Crippen molar-refractivity contribution < 1.29 is 4.42 Å². The van der Waals surface area contributed by atoms with E-state index in [1.807, 2.05) is 67.0 Å². The molecule has 0 N–H and O–H groups in total. The van der Waals surface area contributed by atoms with Gasteiger partial charge in [-0.25, -0.2) is 9.67 Å². The van der Waals surface area contributed by atoms with E-state index in [2.05, 4.69) is 16.2 Å². The number of allylic oxidation sites excluding steroid dienone is 1. The topological polar surface area (TPSA) is 67.6 Å². The molecule has 3 heterocycles. The van der Waals surface area contributed by atoms with Gasteiger partial charge in [-0.1, -0.05) is 18.2 Å². The first-order valence-electron chi connectivity index (χ1n) is 7.98. The molecule has 0 unspecified atom stereocenters. The van der Waals surface area contributed by atoms with Crippen LogP contribution in [0.25, 0.3) is 28.8 Å². The minimum Gasteiger partial charge on any atom is -0.463 e. The van der Waals surface area contributed by atoms with Crippen LogP contribution in [0.1, 0.15) is 16.3 Å². The summed E-state index contributed by atoms with van der Waals surface area (Å²) in [4.78, 5) is 4.41. The molecule has 0 saturated carbocycles. The molecule has 0 saturated heterocycles. The summed E-state index contributed by atoms with van der Waals surface area (Å²) in [7, 11) is 0. The maximum Gasteiger partial charge on any atom is 0.154 e. The van der Waals surface area contributed by atoms with E-state index in [1.54, 1.807) is 10.9 Å². The van der Waals surface area contributed by atoms with Crippen LogP contribution in [0.4, 0.5) is 0 Å². The Morgan fingerprint density at radius 2 is 2.08 bits per heavy atom. The average Bonchev–Trinajstić information content (AvgIpc) is 3.41. The third-order valence-corrected chi connectivity index (χ3v) is 4.78. The standard InChI is InChI=1S/C20H14N4OS/c1-14-13-26-20(22-14)15(11-21)10-16-12-24(17-6-3-2-4-7-17)23-19(16)18-8-5-9-25-18/h2-10,12-13H,1H3/b15-10+. The van der Waals surface area contributed by atoms with Crippen molar-refractivity contribution >= 4 is 23.0 Å². The Morgan fingerprint density at radius 3 is 2.73 bits per heavy atom. The Kier molecular flexibility index (Phi) is 4.22. The van der Waals surface area contributed by atoms with E-state index < -0.39 is 0 Å². The molecule has 126 valence electrons. The Morgan fingerprint density at radius 1 is 1.23 bits per heavy atom. The zero-order valence-electron chi connectivity index (χ0n) is 14.0. The highest BCUT2D eigenvalue weighted by atomic mass is 32.1. The van der Waals surface area contributed by atoms with Crippen LogP contribution in [0.5, 0.6) is 0 Å². The summed E-state index contributed by atoms with van der Waals surface area (Å²) >= 11 is 1.46. The lowest BCUT2D eigenvalue weighted by molar-refractivity contribution is 0.579. The second kappa shape index (κ2) is 6.82. The molecular formula is C20H14N4OS. The van der Waals surface area contributed by atoms with Gasteiger partial charge in [0, 0.05) is 22.8 Å². The van der Waals surface area contributed by atoms with Crippen molar-refractivity contribution in [2.75, 3.05) is 0 Å². The van der Waals surface area contributed by atoms with Crippen molar-refractivity contribution in [3.05, 3.63) is 76.6 Å². The third-order valence-electron chi connectivity index (χ3n) is 3.79. The number of hydrogen-bond donors (Lipinski definition) is 0. The van der Waals surface area contributed by atoms with Gasteiger partial charge in [-0.3, -0.25) is 0 Å². The van der Waals surface area contributed by atoms with Crippen LogP contribution in [-0.2, 0) is 0 Å². The van der Waals surface area contributed by atoms with E-state index in [0.717, 1.165) is 16.9 Å². The number of nitriles is 1. The van der Waals surface area contributed by atoms with Crippen LogP contribution < -0.4 is 0 Å². The highest BCUT2D eigenvalue weighted by molar-refractivity contribution is 7.11. The lowest BCUT2D eigenvalue weighted by Gasteiger charge is -1.98. The highest BCUT2D eigenvalue weighted by Gasteiger charge is 2.15. The number of para-hydroxylation sites is 1. The van der Waals surface area contributed by atoms with Gasteiger partial charge in [-0.15, -0.1) is 11.3 Å². The van der Waals surface area contributed by atoms with E-state index in [-0.39, 0.29) is 0 Å². The number of aromatic nitrogens is 3. The second-order valence-corrected chi connectivity index (χ2v) is 6.51. The number of rotatable bonds is 4. The van der Waals surface area contributed by atoms with Crippen LogP contribution in [0, 0.1) is 18.3 Å². The Balaban J connectivity index is 1.85. The Labute approximate surface area is 154 Å². The SMILES string of the molecule is Cc1csc(/C(C#N)=C/c2cn(-c3ccccc3)nc2-c2ccco2)n1. The molecule has 1 aromatic carbocycles. The highest BCUT2D eigenvalue weighted by Crippen LogP contribution is 2.28. The lowest BCUT2D eigenvalue weighted by Crippen LogP contribution is -1.93. The number of nitrogens with zero attached hydrogens (tertiary/aromatic N) is 4. The predicted molar refractivity (Wildman–Crippen MR) is 102 cm³/mol. The molecule has 5 nitrogen and oxygen atoms in total. The molecule has 0 fully saturated rings. The molecule has 26 heavy (non-hydrogen) atoms. The van der Waals surface area contributed by atoms with Gasteiger partial charge < -0.3 is 4.42 Å². The Bertz CT molecular complexity index is 1100. The summed E-state index contributed by atoms with van der Waals surface area (Å²) in [5.41, 5.74) is 3.82. The van der Waals surface area contributed by atoms with Crippen molar-refractivity contribution in [3.63, 3.8) is 0 Å². The van der Waals surface area contributed by atoms with Gasteiger partial charge in [0.1, 0.15) is 16.8 Å². The van der Waals surface area contributed by atoms with Crippen molar-refractivity contribution in [1.29, 1.82) is 5.26 Å². The maximum atomic E-state index is 9.59. The monoisotopic (exact) mass is 358 g/mol. The second-order valence-electron chi connectivity index (χ2n) is 5.65. The maximum absolute atomic E-state index is 9.59. The van der Waals surface area contributed by atoms with Gasteiger partial charge in [0.15, 0.2) is 5.76 Å². The molecule has 0 amide bonds. The molecule has 4 aromatic rings. The van der Waals surface area contributed by atoms with E-state index in [0.29, 0.717) is 22.0 Å². The van der Waals surface area contributed by atoms with Crippen molar-refractivity contribution in [2.45, 2.75) is 6.92 Å². The van der Waals surface area contributed by atoms with Gasteiger partial charge in [-0.05, 0) is 37.3 Å². The summed E-state index contributed by atoms with van der Waals surface area (Å²) in [5, 5.41) is 16.9. The molecule has 0 bridgehead atoms. The summed E-state index contributed by atoms with van der Waals surface area (Å²) in [6, 6.07) is 15.7. The first kappa shape index (κ1) is 16.1. The van der Waals surface area contributed by atoms with E-state index in [4.69, 9.17) is 4.42 Å². The fourth-order valence-corrected chi connectivity index (χ4v) is 3.35. The van der Waals surface area contributed by atoms with Gasteiger partial charge in [0.05, 0.1) is 17.5 Å². The van der Waals surface area contributed by atoms with E-state index in [9.17, 15) is 5.26 Å². The molecule has 0 atom stereocenters. The molecule has 0 spiro atoms. The molecule has 0 aliphatic rings. The Hall–Kier alpha value is -3.43. The molecule has 6 heteroatoms. The van der Waals surface area contributed by atoms with Crippen molar-refractivity contribution in [3.8, 4) is 23.2 Å². The minimum atomic E-state index is 0.503. The summed E-state index contributed by atoms with van der Waals surface area (Å²) in [5.74, 6) is 0.651. The minimum absolute atomic E-state index is 0.503. The van der Waals surface area contributed by atoms with Gasteiger partial charge in [-0.2, -0.15) is 10.4 Å². The molecule has 3 aromatic heterocycles. The zero-order valence-corrected chi connectivity index (χ0v) is 14.8. The van der Waals surface area contributed by atoms with Crippen LogP contribution in [0.3, 0.4) is 0 Å². The van der Waals surface area contributed by atoms with Crippen LogP contribution >= 0.6 is 11.3 Å². The first-order valence-corrected chi connectivity index (χ1v) is 8.86. The largest absolute Gasteiger partial charge is 0.463 e. The zero-order chi connectivity index (χ0) is 17.9. The fourth-order valence-electron chi connectivity index (χ4n) is 2.59. The van der Waals surface area contributed by atoms with E-state index >= 15 is 0 Å². The van der Waals surface area contributed by atoms with Crippen LogP contribution in [-0.4, -0.2) is 14.8 Å². The number of thiazole rings is 1.